The van der Waals surface area contributed by atoms with Crippen LogP contribution < -0.4 is 0 Å². The van der Waals surface area contributed by atoms with Gasteiger partial charge in [0.1, 0.15) is 0 Å². The molecule has 98 valence electrons. The number of carbonyl (C=O) groups is 2. The molecule has 1 fully saturated rings. The minimum Gasteiger partial charge on any atom is -0.481 e. The summed E-state index contributed by atoms with van der Waals surface area (Å²) < 4.78 is 1.00. The van der Waals surface area contributed by atoms with E-state index in [2.05, 4.69) is 15.9 Å². The summed E-state index contributed by atoms with van der Waals surface area (Å²) in [6, 6.07) is 3.83. The van der Waals surface area contributed by atoms with Gasteiger partial charge in [-0.15, -0.1) is 11.3 Å². The summed E-state index contributed by atoms with van der Waals surface area (Å²) in [5.74, 6) is -1.19. The minimum atomic E-state index is -0.809. The molecule has 2 rings (SSSR count). The number of hydrogen-bond acceptors (Lipinski definition) is 3. The van der Waals surface area contributed by atoms with Crippen molar-refractivity contribution in [2.24, 2.45) is 11.8 Å². The molecule has 0 bridgehead atoms. The summed E-state index contributed by atoms with van der Waals surface area (Å²) in [5, 5.41) is 9.03. The van der Waals surface area contributed by atoms with Crippen LogP contribution in [-0.4, -0.2) is 35.0 Å². The molecule has 4 nitrogen and oxygen atoms in total. The number of likely N-dealkylation sites (tertiary alicyclic amines) is 1. The first-order valence-corrected chi connectivity index (χ1v) is 7.33. The topological polar surface area (TPSA) is 57.6 Å². The minimum absolute atomic E-state index is 0.0138. The number of carboxylic acid groups (broad SMARTS) is 1. The molecule has 1 amide bonds. The summed E-state index contributed by atoms with van der Waals surface area (Å²) in [6.07, 6.45) is 0.356. The van der Waals surface area contributed by atoms with Gasteiger partial charge in [-0.2, -0.15) is 0 Å². The maximum atomic E-state index is 12.1. The molecule has 1 aromatic rings. The normalized spacial score (nSPS) is 23.3. The van der Waals surface area contributed by atoms with Gasteiger partial charge >= 0.3 is 5.97 Å². The SMILES string of the molecule is C[C@@H]1CN(C(=O)Cc2ccc(Br)s2)C[C@H]1C(=O)O. The first-order valence-electron chi connectivity index (χ1n) is 5.72. The van der Waals surface area contributed by atoms with Crippen LogP contribution in [0.25, 0.3) is 0 Å². The highest BCUT2D eigenvalue weighted by Gasteiger charge is 2.36. The summed E-state index contributed by atoms with van der Waals surface area (Å²) in [4.78, 5) is 25.7. The summed E-state index contributed by atoms with van der Waals surface area (Å²) in [5.41, 5.74) is 0. The Morgan fingerprint density at radius 3 is 2.72 bits per heavy atom. The molecular formula is C12H14BrNO3S. The lowest BCUT2D eigenvalue weighted by Crippen LogP contribution is -2.31. The number of aliphatic carboxylic acids is 1. The third-order valence-electron chi connectivity index (χ3n) is 3.24. The number of hydrogen-bond donors (Lipinski definition) is 1. The van der Waals surface area contributed by atoms with E-state index in [-0.39, 0.29) is 11.8 Å². The summed E-state index contributed by atoms with van der Waals surface area (Å²) in [6.45, 7) is 2.76. The molecule has 6 heteroatoms. The highest BCUT2D eigenvalue weighted by Crippen LogP contribution is 2.26. The van der Waals surface area contributed by atoms with Crippen LogP contribution in [0.15, 0.2) is 15.9 Å². The molecule has 1 aromatic heterocycles. The fourth-order valence-corrected chi connectivity index (χ4v) is 3.67. The molecule has 0 spiro atoms. The van der Waals surface area contributed by atoms with Crippen LogP contribution in [0.2, 0.25) is 0 Å². The number of thiophene rings is 1. The predicted octanol–water partition coefficient (Wildman–Crippen LogP) is 2.23. The number of nitrogens with zero attached hydrogens (tertiary/aromatic N) is 1. The molecule has 0 radical (unpaired) electrons. The van der Waals surface area contributed by atoms with Crippen LogP contribution in [0.3, 0.4) is 0 Å². The fraction of sp³-hybridized carbons (Fsp3) is 0.500. The first kappa shape index (κ1) is 13.5. The molecule has 0 aliphatic carbocycles. The highest BCUT2D eigenvalue weighted by atomic mass is 79.9. The van der Waals surface area contributed by atoms with Crippen molar-refractivity contribution in [2.75, 3.05) is 13.1 Å². The second-order valence-electron chi connectivity index (χ2n) is 4.60. The first-order chi connectivity index (χ1) is 8.47. The van der Waals surface area contributed by atoms with Crippen LogP contribution >= 0.6 is 27.3 Å². The van der Waals surface area contributed by atoms with Crippen molar-refractivity contribution in [3.63, 3.8) is 0 Å². The Bertz CT molecular complexity index is 474. The maximum Gasteiger partial charge on any atom is 0.308 e. The largest absolute Gasteiger partial charge is 0.481 e. The second kappa shape index (κ2) is 5.40. The number of carbonyl (C=O) groups excluding carboxylic acids is 1. The van der Waals surface area contributed by atoms with Crippen molar-refractivity contribution in [1.29, 1.82) is 0 Å². The summed E-state index contributed by atoms with van der Waals surface area (Å²) >= 11 is 4.90. The number of rotatable bonds is 3. The Labute approximate surface area is 118 Å². The molecule has 2 heterocycles. The third kappa shape index (κ3) is 2.92. The van der Waals surface area contributed by atoms with Crippen molar-refractivity contribution < 1.29 is 14.7 Å². The van der Waals surface area contributed by atoms with Gasteiger partial charge in [0.2, 0.25) is 5.91 Å². The third-order valence-corrected chi connectivity index (χ3v) is 4.86. The van der Waals surface area contributed by atoms with Crippen molar-refractivity contribution >= 4 is 39.1 Å². The molecule has 0 aromatic carbocycles. The molecule has 2 atom stereocenters. The zero-order valence-electron chi connectivity index (χ0n) is 9.93. The molecule has 0 saturated carbocycles. The second-order valence-corrected chi connectivity index (χ2v) is 7.15. The Kier molecular flexibility index (Phi) is 4.07. The van der Waals surface area contributed by atoms with Crippen LogP contribution in [0.1, 0.15) is 11.8 Å². The van der Waals surface area contributed by atoms with E-state index < -0.39 is 11.9 Å². The van der Waals surface area contributed by atoms with Gasteiger partial charge < -0.3 is 10.0 Å². The van der Waals surface area contributed by atoms with E-state index in [1.807, 2.05) is 19.1 Å². The highest BCUT2D eigenvalue weighted by molar-refractivity contribution is 9.11. The van der Waals surface area contributed by atoms with E-state index in [9.17, 15) is 9.59 Å². The quantitative estimate of drug-likeness (QED) is 0.923. The Balaban J connectivity index is 1.97. The number of amides is 1. The number of halogens is 1. The molecule has 1 aliphatic heterocycles. The maximum absolute atomic E-state index is 12.1. The van der Waals surface area contributed by atoms with Gasteiger partial charge in [0.25, 0.3) is 0 Å². The Morgan fingerprint density at radius 1 is 1.50 bits per heavy atom. The van der Waals surface area contributed by atoms with Gasteiger partial charge in [-0.3, -0.25) is 9.59 Å². The fourth-order valence-electron chi connectivity index (χ4n) is 2.20. The molecule has 1 N–H and O–H groups in total. The smallest absolute Gasteiger partial charge is 0.308 e. The summed E-state index contributed by atoms with van der Waals surface area (Å²) in [7, 11) is 0. The Hall–Kier alpha value is -0.880. The van der Waals surface area contributed by atoms with Crippen molar-refractivity contribution in [2.45, 2.75) is 13.3 Å². The predicted molar refractivity (Wildman–Crippen MR) is 72.6 cm³/mol. The van der Waals surface area contributed by atoms with Gasteiger partial charge in [-0.25, -0.2) is 0 Å². The Morgan fingerprint density at radius 2 is 2.22 bits per heavy atom. The van der Waals surface area contributed by atoms with Gasteiger partial charge in [-0.1, -0.05) is 6.92 Å². The van der Waals surface area contributed by atoms with Crippen molar-refractivity contribution in [3.8, 4) is 0 Å². The van der Waals surface area contributed by atoms with E-state index in [4.69, 9.17) is 5.11 Å². The molecule has 1 aliphatic rings. The van der Waals surface area contributed by atoms with Gasteiger partial charge in [0.15, 0.2) is 0 Å². The average molecular weight is 332 g/mol. The zero-order chi connectivity index (χ0) is 13.3. The standard InChI is InChI=1S/C12H14BrNO3S/c1-7-5-14(6-9(7)12(16)17)11(15)4-8-2-3-10(13)18-8/h2-3,7,9H,4-6H2,1H3,(H,16,17)/t7-,9-/m1/s1. The van der Waals surface area contributed by atoms with Crippen LogP contribution in [-0.2, 0) is 16.0 Å². The van der Waals surface area contributed by atoms with Gasteiger partial charge in [0, 0.05) is 18.0 Å². The zero-order valence-corrected chi connectivity index (χ0v) is 12.3. The molecule has 1 saturated heterocycles. The molecular weight excluding hydrogens is 318 g/mol. The number of carboxylic acids is 1. The molecule has 18 heavy (non-hydrogen) atoms. The van der Waals surface area contributed by atoms with E-state index >= 15 is 0 Å². The van der Waals surface area contributed by atoms with E-state index in [1.165, 1.54) is 11.3 Å². The lowest BCUT2D eigenvalue weighted by molar-refractivity contribution is -0.142. The van der Waals surface area contributed by atoms with Crippen molar-refractivity contribution in [1.82, 2.24) is 4.90 Å². The van der Waals surface area contributed by atoms with E-state index in [1.54, 1.807) is 4.90 Å². The van der Waals surface area contributed by atoms with Crippen LogP contribution in [0.5, 0.6) is 0 Å². The van der Waals surface area contributed by atoms with Gasteiger partial charge in [-0.05, 0) is 34.0 Å². The van der Waals surface area contributed by atoms with Crippen molar-refractivity contribution in [3.05, 3.63) is 20.8 Å². The van der Waals surface area contributed by atoms with Gasteiger partial charge in [0.05, 0.1) is 16.1 Å². The monoisotopic (exact) mass is 331 g/mol. The lowest BCUT2D eigenvalue weighted by Gasteiger charge is -2.15. The van der Waals surface area contributed by atoms with Crippen LogP contribution in [0.4, 0.5) is 0 Å². The molecule has 0 unspecified atom stereocenters. The van der Waals surface area contributed by atoms with Crippen LogP contribution in [0, 0.1) is 11.8 Å². The van der Waals surface area contributed by atoms with E-state index in [0.717, 1.165) is 8.66 Å². The van der Waals surface area contributed by atoms with E-state index in [0.29, 0.717) is 19.5 Å². The average Bonchev–Trinajstić information content (AvgIpc) is 2.85. The lowest BCUT2D eigenvalue weighted by atomic mass is 9.99.